The topological polar surface area (TPSA) is 72.8 Å². The number of aromatic nitrogens is 1. The van der Waals surface area contributed by atoms with Crippen molar-refractivity contribution in [2.45, 2.75) is 46.2 Å². The molecule has 192 valence electrons. The highest BCUT2D eigenvalue weighted by molar-refractivity contribution is 5.98. The molecule has 0 saturated heterocycles. The summed E-state index contributed by atoms with van der Waals surface area (Å²) >= 11 is 0. The molecule has 0 unspecified atom stereocenters. The van der Waals surface area contributed by atoms with Crippen LogP contribution in [0.15, 0.2) is 46.8 Å². The second-order valence-electron chi connectivity index (χ2n) is 10.9. The predicted octanol–water partition coefficient (Wildman–Crippen LogP) is 3.65. The number of nitrogens with zero attached hydrogens (tertiary/aromatic N) is 2. The number of pyridine rings is 1. The van der Waals surface area contributed by atoms with Crippen molar-refractivity contribution < 1.29 is 14.3 Å². The maximum absolute atomic E-state index is 13.4. The minimum absolute atomic E-state index is 0.116. The summed E-state index contributed by atoms with van der Waals surface area (Å²) in [5, 5.41) is 3.02. The fourth-order valence-corrected chi connectivity index (χ4v) is 6.28. The zero-order valence-electron chi connectivity index (χ0n) is 21.8. The molecule has 3 aliphatic carbocycles. The Morgan fingerprint density at radius 2 is 1.89 bits per heavy atom. The number of ether oxygens (including phenoxy) is 2. The van der Waals surface area contributed by atoms with Gasteiger partial charge in [0.1, 0.15) is 17.1 Å². The van der Waals surface area contributed by atoms with E-state index in [2.05, 4.69) is 30.1 Å². The van der Waals surface area contributed by atoms with Crippen LogP contribution in [0.25, 0.3) is 0 Å². The lowest BCUT2D eigenvalue weighted by atomic mass is 9.49. The molecule has 6 rings (SSSR count). The smallest absolute Gasteiger partial charge is 0.257 e. The summed E-state index contributed by atoms with van der Waals surface area (Å²) in [6, 6.07) is 9.04. The third-order valence-electron chi connectivity index (χ3n) is 8.73. The summed E-state index contributed by atoms with van der Waals surface area (Å²) in [5.41, 5.74) is 4.03. The molecule has 1 aromatic heterocycles. The predicted molar refractivity (Wildman–Crippen MR) is 140 cm³/mol. The molecule has 1 aromatic carbocycles. The van der Waals surface area contributed by atoms with E-state index in [9.17, 15) is 9.59 Å². The number of benzene rings is 1. The summed E-state index contributed by atoms with van der Waals surface area (Å²) in [6.07, 6.45) is 5.57. The van der Waals surface area contributed by atoms with Crippen molar-refractivity contribution in [1.82, 2.24) is 14.8 Å². The third kappa shape index (κ3) is 4.45. The molecule has 0 spiro atoms. The van der Waals surface area contributed by atoms with Crippen molar-refractivity contribution in [2.24, 2.45) is 17.3 Å². The number of carbonyl (C=O) groups is 1. The SMILES string of the molecule is COc1ccc(CNC(=O)c2c(OC)cc(=O)n3c2CCN(CC2=CC[C@H]4C[C@@H]2C4(C)C)CC3)cc1. The molecule has 2 aromatic rings. The Bertz CT molecular complexity index is 1230. The van der Waals surface area contributed by atoms with E-state index in [1.165, 1.54) is 26.0 Å². The standard InChI is InChI=1S/C29H37N3O4/c1-29(2)21-8-7-20(23(29)15-21)18-31-12-11-24-27(25(36-4)16-26(33)32(24)14-13-31)28(34)30-17-19-5-9-22(35-3)10-6-19/h5-7,9-10,16,21,23H,8,11-15,17-18H2,1-4H3,(H,30,34)/t21-,23-/m0/s1. The fraction of sp³-hybridized carbons (Fsp3) is 0.517. The molecule has 0 radical (unpaired) electrons. The van der Waals surface area contributed by atoms with Crippen LogP contribution in [0.2, 0.25) is 0 Å². The molecule has 4 aliphatic rings. The molecule has 1 aliphatic heterocycles. The lowest BCUT2D eigenvalue weighted by Gasteiger charge is -2.57. The van der Waals surface area contributed by atoms with E-state index < -0.39 is 0 Å². The Hall–Kier alpha value is -3.06. The molecule has 36 heavy (non-hydrogen) atoms. The lowest BCUT2D eigenvalue weighted by molar-refractivity contribution is -0.0106. The van der Waals surface area contributed by atoms with Crippen molar-refractivity contribution in [3.63, 3.8) is 0 Å². The number of hydrogen-bond donors (Lipinski definition) is 1. The first kappa shape index (κ1) is 24.6. The van der Waals surface area contributed by atoms with Gasteiger partial charge in [0, 0.05) is 50.9 Å². The minimum atomic E-state index is -0.225. The lowest BCUT2D eigenvalue weighted by Crippen LogP contribution is -2.50. The van der Waals surface area contributed by atoms with E-state index >= 15 is 0 Å². The Labute approximate surface area is 213 Å². The molecular weight excluding hydrogens is 454 g/mol. The minimum Gasteiger partial charge on any atom is -0.497 e. The summed E-state index contributed by atoms with van der Waals surface area (Å²) in [7, 11) is 3.14. The van der Waals surface area contributed by atoms with Gasteiger partial charge < -0.3 is 19.4 Å². The first-order valence-corrected chi connectivity index (χ1v) is 12.9. The van der Waals surface area contributed by atoms with E-state index in [1.54, 1.807) is 17.3 Å². The van der Waals surface area contributed by atoms with Gasteiger partial charge >= 0.3 is 0 Å². The molecule has 2 bridgehead atoms. The zero-order valence-corrected chi connectivity index (χ0v) is 21.8. The van der Waals surface area contributed by atoms with Gasteiger partial charge in [-0.15, -0.1) is 0 Å². The molecule has 2 heterocycles. The van der Waals surface area contributed by atoms with Crippen molar-refractivity contribution in [2.75, 3.05) is 33.9 Å². The van der Waals surface area contributed by atoms with Gasteiger partial charge in [0.2, 0.25) is 0 Å². The number of nitrogens with one attached hydrogen (secondary N) is 1. The number of methoxy groups -OCH3 is 2. The average molecular weight is 492 g/mol. The molecule has 1 N–H and O–H groups in total. The van der Waals surface area contributed by atoms with Crippen LogP contribution in [0.1, 0.15) is 48.3 Å². The van der Waals surface area contributed by atoms with E-state index in [1.807, 2.05) is 24.3 Å². The fourth-order valence-electron chi connectivity index (χ4n) is 6.28. The van der Waals surface area contributed by atoms with Crippen molar-refractivity contribution in [3.05, 3.63) is 69.2 Å². The average Bonchev–Trinajstić information content (AvgIpc) is 3.10. The summed E-state index contributed by atoms with van der Waals surface area (Å²) in [6.45, 7) is 8.29. The maximum atomic E-state index is 13.4. The van der Waals surface area contributed by atoms with E-state index in [-0.39, 0.29) is 11.5 Å². The Kier molecular flexibility index (Phi) is 6.68. The summed E-state index contributed by atoms with van der Waals surface area (Å²) < 4.78 is 12.5. The van der Waals surface area contributed by atoms with Crippen LogP contribution >= 0.6 is 0 Å². The van der Waals surface area contributed by atoms with Gasteiger partial charge in [0.15, 0.2) is 0 Å². The normalized spacial score (nSPS) is 22.5. The van der Waals surface area contributed by atoms with Gasteiger partial charge in [-0.1, -0.05) is 37.6 Å². The van der Waals surface area contributed by atoms with Crippen LogP contribution in [0.3, 0.4) is 0 Å². The molecular formula is C29H37N3O4. The van der Waals surface area contributed by atoms with Crippen LogP contribution in [-0.2, 0) is 19.5 Å². The number of fused-ring (bicyclic) bond motifs is 2. The zero-order chi connectivity index (χ0) is 25.4. The monoisotopic (exact) mass is 491 g/mol. The molecule has 7 heteroatoms. The number of hydrogen-bond acceptors (Lipinski definition) is 5. The van der Waals surface area contributed by atoms with Crippen molar-refractivity contribution in [3.8, 4) is 11.5 Å². The van der Waals surface area contributed by atoms with Crippen LogP contribution < -0.4 is 20.3 Å². The summed E-state index contributed by atoms with van der Waals surface area (Å²) in [4.78, 5) is 28.8. The highest BCUT2D eigenvalue weighted by Gasteiger charge is 2.51. The van der Waals surface area contributed by atoms with Crippen molar-refractivity contribution in [1.29, 1.82) is 0 Å². The Balaban J connectivity index is 1.33. The molecule has 1 fully saturated rings. The van der Waals surface area contributed by atoms with E-state index in [0.717, 1.165) is 42.6 Å². The second-order valence-corrected chi connectivity index (χ2v) is 10.9. The first-order chi connectivity index (χ1) is 17.3. The number of allylic oxidation sites excluding steroid dienone is 1. The van der Waals surface area contributed by atoms with Gasteiger partial charge in [-0.25, -0.2) is 0 Å². The van der Waals surface area contributed by atoms with Crippen LogP contribution in [0.4, 0.5) is 0 Å². The highest BCUT2D eigenvalue weighted by Crippen LogP contribution is 2.59. The number of rotatable bonds is 7. The molecule has 7 nitrogen and oxygen atoms in total. The van der Waals surface area contributed by atoms with Crippen LogP contribution in [0, 0.1) is 17.3 Å². The van der Waals surface area contributed by atoms with Crippen LogP contribution in [0.5, 0.6) is 11.5 Å². The Morgan fingerprint density at radius 1 is 1.11 bits per heavy atom. The quantitative estimate of drug-likeness (QED) is 0.599. The molecule has 2 atom stereocenters. The first-order valence-electron chi connectivity index (χ1n) is 12.9. The molecule has 1 saturated carbocycles. The summed E-state index contributed by atoms with van der Waals surface area (Å²) in [5.74, 6) is 2.38. The Morgan fingerprint density at radius 3 is 2.56 bits per heavy atom. The highest BCUT2D eigenvalue weighted by atomic mass is 16.5. The van der Waals surface area contributed by atoms with E-state index in [0.29, 0.717) is 42.2 Å². The van der Waals surface area contributed by atoms with Gasteiger partial charge in [0.05, 0.1) is 14.2 Å². The van der Waals surface area contributed by atoms with Crippen LogP contribution in [-0.4, -0.2) is 49.2 Å². The number of carbonyl (C=O) groups excluding carboxylic acids is 1. The third-order valence-corrected chi connectivity index (χ3v) is 8.73. The van der Waals surface area contributed by atoms with E-state index in [4.69, 9.17) is 9.47 Å². The van der Waals surface area contributed by atoms with Gasteiger partial charge in [0.25, 0.3) is 11.5 Å². The maximum Gasteiger partial charge on any atom is 0.257 e. The van der Waals surface area contributed by atoms with Gasteiger partial charge in [-0.3, -0.25) is 14.5 Å². The van der Waals surface area contributed by atoms with Gasteiger partial charge in [-0.2, -0.15) is 0 Å². The largest absolute Gasteiger partial charge is 0.497 e. The van der Waals surface area contributed by atoms with Gasteiger partial charge in [-0.05, 0) is 47.8 Å². The number of amides is 1. The van der Waals surface area contributed by atoms with Crippen molar-refractivity contribution >= 4 is 5.91 Å². The second kappa shape index (κ2) is 9.77. The molecule has 1 amide bonds.